The number of hydrogen-bond donors (Lipinski definition) is 1. The van der Waals surface area contributed by atoms with Crippen LogP contribution in [-0.2, 0) is 16.1 Å². The highest BCUT2D eigenvalue weighted by Crippen LogP contribution is 2.26. The van der Waals surface area contributed by atoms with Gasteiger partial charge in [0.05, 0.1) is 5.88 Å². The summed E-state index contributed by atoms with van der Waals surface area (Å²) in [7, 11) is 0. The summed E-state index contributed by atoms with van der Waals surface area (Å²) in [5, 5.41) is 2.98. The van der Waals surface area contributed by atoms with E-state index in [1.165, 1.54) is 5.56 Å². The van der Waals surface area contributed by atoms with Crippen LogP contribution in [0.15, 0.2) is 54.6 Å². The molecule has 2 aliphatic heterocycles. The number of rotatable bonds is 6. The molecule has 1 N–H and O–H groups in total. The Kier molecular flexibility index (Phi) is 6.08. The zero-order valence-corrected chi connectivity index (χ0v) is 17.7. The standard InChI is InChI=1S/C23H25N3O3S/c1-16(18-5-3-2-4-6-18)11-24-22(28)19-9-7-17(8-10-19)12-25-13-21(27)26-15-30-14-20(26)23(25)29/h2-10,16,20H,11-15H2,1H3,(H,24,28)/t16-,20+/m1/s1. The number of fused-ring (bicyclic) bond motifs is 1. The predicted octanol–water partition coefficient (Wildman–Crippen LogP) is 2.46. The van der Waals surface area contributed by atoms with Crippen molar-refractivity contribution in [3.8, 4) is 0 Å². The molecular weight excluding hydrogens is 398 g/mol. The largest absolute Gasteiger partial charge is 0.351 e. The van der Waals surface area contributed by atoms with Gasteiger partial charge in [-0.05, 0) is 29.2 Å². The van der Waals surface area contributed by atoms with E-state index >= 15 is 0 Å². The van der Waals surface area contributed by atoms with Crippen molar-refractivity contribution in [1.29, 1.82) is 0 Å². The number of nitrogens with one attached hydrogen (secondary N) is 1. The molecule has 2 aliphatic rings. The number of carbonyl (C=O) groups is 3. The number of nitrogens with zero attached hydrogens (tertiary/aromatic N) is 2. The zero-order chi connectivity index (χ0) is 21.1. The molecule has 2 aromatic carbocycles. The van der Waals surface area contributed by atoms with Crippen molar-refractivity contribution >= 4 is 29.5 Å². The Labute approximate surface area is 180 Å². The first kappa shape index (κ1) is 20.5. The molecule has 2 saturated heterocycles. The molecule has 0 aromatic heterocycles. The van der Waals surface area contributed by atoms with Gasteiger partial charge in [-0.15, -0.1) is 11.8 Å². The molecule has 4 rings (SSSR count). The van der Waals surface area contributed by atoms with Crippen molar-refractivity contribution in [3.63, 3.8) is 0 Å². The van der Waals surface area contributed by atoms with E-state index in [4.69, 9.17) is 0 Å². The smallest absolute Gasteiger partial charge is 0.251 e. The predicted molar refractivity (Wildman–Crippen MR) is 117 cm³/mol. The van der Waals surface area contributed by atoms with Gasteiger partial charge in [-0.1, -0.05) is 49.4 Å². The molecule has 6 nitrogen and oxygen atoms in total. The van der Waals surface area contributed by atoms with E-state index in [0.717, 1.165) is 5.56 Å². The van der Waals surface area contributed by atoms with Gasteiger partial charge in [0.15, 0.2) is 0 Å². The van der Waals surface area contributed by atoms with Gasteiger partial charge in [0.2, 0.25) is 11.8 Å². The fourth-order valence-electron chi connectivity index (χ4n) is 3.80. The second-order valence-electron chi connectivity index (χ2n) is 7.79. The lowest BCUT2D eigenvalue weighted by molar-refractivity contribution is -0.153. The normalized spacial score (nSPS) is 19.6. The highest BCUT2D eigenvalue weighted by molar-refractivity contribution is 7.99. The molecule has 0 aliphatic carbocycles. The van der Waals surface area contributed by atoms with Crippen LogP contribution in [0.4, 0.5) is 0 Å². The summed E-state index contributed by atoms with van der Waals surface area (Å²) < 4.78 is 0. The van der Waals surface area contributed by atoms with Crippen molar-refractivity contribution in [3.05, 3.63) is 71.3 Å². The summed E-state index contributed by atoms with van der Waals surface area (Å²) in [5.41, 5.74) is 2.68. The lowest BCUT2D eigenvalue weighted by Crippen LogP contribution is -2.57. The van der Waals surface area contributed by atoms with Crippen molar-refractivity contribution in [1.82, 2.24) is 15.1 Å². The van der Waals surface area contributed by atoms with E-state index in [2.05, 4.69) is 24.4 Å². The van der Waals surface area contributed by atoms with Gasteiger partial charge >= 0.3 is 0 Å². The molecule has 2 atom stereocenters. The van der Waals surface area contributed by atoms with Crippen LogP contribution < -0.4 is 5.32 Å². The van der Waals surface area contributed by atoms with Crippen LogP contribution in [0.2, 0.25) is 0 Å². The molecule has 30 heavy (non-hydrogen) atoms. The Morgan fingerprint density at radius 2 is 1.87 bits per heavy atom. The Morgan fingerprint density at radius 3 is 2.60 bits per heavy atom. The quantitative estimate of drug-likeness (QED) is 0.775. The summed E-state index contributed by atoms with van der Waals surface area (Å²) in [5.74, 6) is 1.40. The molecule has 3 amide bonds. The van der Waals surface area contributed by atoms with Crippen molar-refractivity contribution in [2.45, 2.75) is 25.4 Å². The minimum absolute atomic E-state index is 0.00753. The molecule has 2 aromatic rings. The van der Waals surface area contributed by atoms with E-state index in [9.17, 15) is 14.4 Å². The number of thioether (sulfide) groups is 1. The van der Waals surface area contributed by atoms with Crippen molar-refractivity contribution in [2.75, 3.05) is 24.7 Å². The Bertz CT molecular complexity index is 932. The van der Waals surface area contributed by atoms with E-state index in [-0.39, 0.29) is 36.2 Å². The summed E-state index contributed by atoms with van der Waals surface area (Å²) >= 11 is 1.62. The fraction of sp³-hybridized carbons (Fsp3) is 0.348. The molecule has 2 fully saturated rings. The topological polar surface area (TPSA) is 69.7 Å². The van der Waals surface area contributed by atoms with Gasteiger partial charge in [-0.3, -0.25) is 14.4 Å². The minimum atomic E-state index is -0.326. The minimum Gasteiger partial charge on any atom is -0.351 e. The first-order valence-electron chi connectivity index (χ1n) is 10.1. The summed E-state index contributed by atoms with van der Waals surface area (Å²) in [6.07, 6.45) is 0. The molecule has 7 heteroatoms. The highest BCUT2D eigenvalue weighted by Gasteiger charge is 2.42. The lowest BCUT2D eigenvalue weighted by Gasteiger charge is -2.35. The van der Waals surface area contributed by atoms with Crippen LogP contribution in [0.1, 0.15) is 34.3 Å². The summed E-state index contributed by atoms with van der Waals surface area (Å²) in [4.78, 5) is 40.7. The Balaban J connectivity index is 1.33. The third-order valence-corrected chi connectivity index (χ3v) is 6.66. The molecule has 0 unspecified atom stereocenters. The molecule has 156 valence electrons. The maximum Gasteiger partial charge on any atom is 0.251 e. The van der Waals surface area contributed by atoms with Crippen LogP contribution in [0.25, 0.3) is 0 Å². The van der Waals surface area contributed by atoms with E-state index in [1.807, 2.05) is 30.3 Å². The van der Waals surface area contributed by atoms with Crippen molar-refractivity contribution < 1.29 is 14.4 Å². The average molecular weight is 424 g/mol. The van der Waals surface area contributed by atoms with E-state index in [0.29, 0.717) is 30.3 Å². The number of benzene rings is 2. The van der Waals surface area contributed by atoms with E-state index in [1.54, 1.807) is 33.7 Å². The van der Waals surface area contributed by atoms with Gasteiger partial charge in [0.25, 0.3) is 5.91 Å². The SMILES string of the molecule is C[C@H](CNC(=O)c1ccc(CN2CC(=O)N3CSC[C@H]3C2=O)cc1)c1ccccc1. The Hall–Kier alpha value is -2.80. The second-order valence-corrected chi connectivity index (χ2v) is 8.79. The number of amides is 3. The molecule has 0 spiro atoms. The first-order valence-corrected chi connectivity index (χ1v) is 11.3. The molecule has 2 heterocycles. The fourth-order valence-corrected chi connectivity index (χ4v) is 4.97. The maximum absolute atomic E-state index is 12.7. The summed E-state index contributed by atoms with van der Waals surface area (Å²) in [6, 6.07) is 17.0. The van der Waals surface area contributed by atoms with E-state index < -0.39 is 0 Å². The second kappa shape index (κ2) is 8.92. The van der Waals surface area contributed by atoms with Crippen LogP contribution in [0.5, 0.6) is 0 Å². The number of piperazine rings is 1. The van der Waals surface area contributed by atoms with Gasteiger partial charge in [0, 0.05) is 24.4 Å². The lowest BCUT2D eigenvalue weighted by atomic mass is 10.0. The summed E-state index contributed by atoms with van der Waals surface area (Å²) in [6.45, 7) is 3.15. The monoisotopic (exact) mass is 423 g/mol. The Morgan fingerprint density at radius 1 is 1.13 bits per heavy atom. The van der Waals surface area contributed by atoms with Crippen molar-refractivity contribution in [2.24, 2.45) is 0 Å². The maximum atomic E-state index is 12.7. The van der Waals surface area contributed by atoms with Gasteiger partial charge < -0.3 is 15.1 Å². The third-order valence-electron chi connectivity index (χ3n) is 5.65. The zero-order valence-electron chi connectivity index (χ0n) is 16.9. The molecule has 0 saturated carbocycles. The average Bonchev–Trinajstić information content (AvgIpc) is 3.27. The molecular formula is C23H25N3O3S. The van der Waals surface area contributed by atoms with Crippen LogP contribution in [0, 0.1) is 0 Å². The van der Waals surface area contributed by atoms with Gasteiger partial charge in [-0.25, -0.2) is 0 Å². The first-order chi connectivity index (χ1) is 14.5. The highest BCUT2D eigenvalue weighted by atomic mass is 32.2. The van der Waals surface area contributed by atoms with Crippen LogP contribution in [0.3, 0.4) is 0 Å². The van der Waals surface area contributed by atoms with Gasteiger partial charge in [0.1, 0.15) is 12.6 Å². The number of carbonyl (C=O) groups excluding carboxylic acids is 3. The number of hydrogen-bond acceptors (Lipinski definition) is 4. The van der Waals surface area contributed by atoms with Crippen LogP contribution in [-0.4, -0.2) is 58.3 Å². The third kappa shape index (κ3) is 4.36. The molecule has 0 radical (unpaired) electrons. The van der Waals surface area contributed by atoms with Gasteiger partial charge in [-0.2, -0.15) is 0 Å². The van der Waals surface area contributed by atoms with Crippen LogP contribution >= 0.6 is 11.8 Å². The molecule has 0 bridgehead atoms.